The van der Waals surface area contributed by atoms with Crippen molar-refractivity contribution in [2.24, 2.45) is 28.8 Å². The standard InChI is InChI=1S/C51H59N3O9/c1-3-25-53(50(57)36-17-18-36)47-32-45(52-61-33-34-15-20-39(21-16-34)54(58)59)43-30-38(13-7-9-26-55)42(14-8-10-27-56)48-44-31-41(62-40-22-19-35-11-5-6-12-37(35)29-40)23-24-46(44)63-51(47,49(43)48)60-28-4-2/h4-6,11-12,15-16,19-24,29-31,36,38,42,47-49,55-56H,2-3,7-10,13-14,17-18,25-28,32-33H2,1H3/t38-,42+,47-,48+,49+,51+/m0/s1. The molecule has 1 heterocycles. The summed E-state index contributed by atoms with van der Waals surface area (Å²) in [6.07, 6.45) is 11.4. The van der Waals surface area contributed by atoms with Gasteiger partial charge in [-0.1, -0.05) is 67.4 Å². The molecular formula is C51H59N3O9. The van der Waals surface area contributed by atoms with Gasteiger partial charge in [-0.25, -0.2) is 0 Å². The first-order chi connectivity index (χ1) is 30.8. The van der Waals surface area contributed by atoms with Crippen LogP contribution in [0, 0.1) is 33.8 Å². The first kappa shape index (κ1) is 44.1. The molecule has 2 fully saturated rings. The van der Waals surface area contributed by atoms with Crippen LogP contribution in [0.4, 0.5) is 5.69 Å². The Morgan fingerprint density at radius 1 is 0.968 bits per heavy atom. The second-order valence-corrected chi connectivity index (χ2v) is 17.4. The Labute approximate surface area is 369 Å². The third-order valence-electron chi connectivity index (χ3n) is 13.2. The number of carbonyl (C=O) groups excluding carboxylic acids is 1. The van der Waals surface area contributed by atoms with E-state index >= 15 is 0 Å². The number of unbranched alkanes of at least 4 members (excludes halogenated alkanes) is 2. The second kappa shape index (κ2) is 19.9. The molecule has 0 saturated heterocycles. The molecule has 6 atom stereocenters. The molecule has 12 heteroatoms. The second-order valence-electron chi connectivity index (χ2n) is 17.4. The fourth-order valence-corrected chi connectivity index (χ4v) is 10.2. The highest BCUT2D eigenvalue weighted by Crippen LogP contribution is 2.62. The van der Waals surface area contributed by atoms with Gasteiger partial charge in [-0.05, 0) is 121 Å². The van der Waals surface area contributed by atoms with Crippen LogP contribution in [0.25, 0.3) is 10.8 Å². The number of nitro groups is 1. The van der Waals surface area contributed by atoms with Crippen LogP contribution in [0.3, 0.4) is 0 Å². The number of nitro benzene ring substituents is 1. The predicted molar refractivity (Wildman–Crippen MR) is 242 cm³/mol. The monoisotopic (exact) mass is 857 g/mol. The summed E-state index contributed by atoms with van der Waals surface area (Å²) in [5.41, 5.74) is 3.35. The van der Waals surface area contributed by atoms with Crippen LogP contribution in [-0.4, -0.2) is 69.8 Å². The van der Waals surface area contributed by atoms with Crippen LogP contribution in [0.5, 0.6) is 17.2 Å². The average Bonchev–Trinajstić information content (AvgIpc) is 4.15. The summed E-state index contributed by atoms with van der Waals surface area (Å²) < 4.78 is 21.1. The van der Waals surface area contributed by atoms with E-state index in [0.29, 0.717) is 48.8 Å². The molecule has 0 bridgehead atoms. The van der Waals surface area contributed by atoms with Crippen molar-refractivity contribution in [3.63, 3.8) is 0 Å². The minimum atomic E-state index is -1.33. The Hall–Kier alpha value is -5.56. The van der Waals surface area contributed by atoms with E-state index < -0.39 is 22.7 Å². The third-order valence-corrected chi connectivity index (χ3v) is 13.2. The van der Waals surface area contributed by atoms with E-state index in [-0.39, 0.29) is 61.7 Å². The quantitative estimate of drug-likeness (QED) is 0.0361. The molecule has 3 aliphatic carbocycles. The number of rotatable bonds is 21. The molecule has 0 radical (unpaired) electrons. The fourth-order valence-electron chi connectivity index (χ4n) is 10.2. The maximum absolute atomic E-state index is 14.5. The van der Waals surface area contributed by atoms with Gasteiger partial charge in [0, 0.05) is 55.7 Å². The van der Waals surface area contributed by atoms with Crippen LogP contribution in [-0.2, 0) is 21.0 Å². The molecule has 1 amide bonds. The summed E-state index contributed by atoms with van der Waals surface area (Å²) in [6, 6.07) is 25.9. The number of amides is 1. The molecular weight excluding hydrogens is 799 g/mol. The normalized spacial score (nSPS) is 24.1. The first-order valence-electron chi connectivity index (χ1n) is 22.7. The summed E-state index contributed by atoms with van der Waals surface area (Å²) in [5, 5.41) is 38.4. The molecule has 2 N–H and O–H groups in total. The van der Waals surface area contributed by atoms with Gasteiger partial charge in [0.1, 0.15) is 29.9 Å². The number of aliphatic hydroxyl groups excluding tert-OH is 2. The van der Waals surface area contributed by atoms with Gasteiger partial charge in [0.15, 0.2) is 0 Å². The Kier molecular flexibility index (Phi) is 13.9. The van der Waals surface area contributed by atoms with Gasteiger partial charge < -0.3 is 34.2 Å². The molecule has 0 unspecified atom stereocenters. The molecule has 8 rings (SSSR count). The summed E-state index contributed by atoms with van der Waals surface area (Å²) in [4.78, 5) is 33.6. The molecule has 4 aromatic carbocycles. The smallest absolute Gasteiger partial charge is 0.269 e. The largest absolute Gasteiger partial charge is 0.459 e. The van der Waals surface area contributed by atoms with E-state index in [0.717, 1.165) is 72.4 Å². The van der Waals surface area contributed by atoms with Gasteiger partial charge in [-0.2, -0.15) is 0 Å². The number of non-ortho nitro benzene ring substituents is 1. The molecule has 12 nitrogen and oxygen atoms in total. The molecule has 332 valence electrons. The number of allylic oxidation sites excluding steroid dienone is 1. The van der Waals surface area contributed by atoms with Crippen LogP contribution in [0.1, 0.15) is 88.2 Å². The SMILES string of the molecule is C=CCO[C@@]12Oc3ccc(Oc4ccc5ccccc5c4)cc3[C@H]3[C@H](CCCCO)[C@@H](CCCCO)C=C(C(=NOCc4ccc([N+](=O)[O-])cc4)C[C@@H]1N(CCC)C(=O)C1CC1)[C@H]32. The minimum absolute atomic E-state index is 0.00465. The fraction of sp³-hybridized carbons (Fsp3) is 0.451. The summed E-state index contributed by atoms with van der Waals surface area (Å²) in [6.45, 7) is 7.09. The van der Waals surface area contributed by atoms with Crippen molar-refractivity contribution in [2.45, 2.75) is 95.5 Å². The Bertz CT molecular complexity index is 2320. The maximum Gasteiger partial charge on any atom is 0.269 e. The van der Waals surface area contributed by atoms with Crippen LogP contribution in [0.15, 0.2) is 114 Å². The van der Waals surface area contributed by atoms with Gasteiger partial charge >= 0.3 is 0 Å². The number of hydrogen-bond acceptors (Lipinski definition) is 10. The van der Waals surface area contributed by atoms with E-state index in [1.54, 1.807) is 18.2 Å². The highest BCUT2D eigenvalue weighted by Gasteiger charge is 2.65. The maximum atomic E-state index is 14.5. The topological polar surface area (TPSA) is 153 Å². The van der Waals surface area contributed by atoms with Crippen molar-refractivity contribution in [1.29, 1.82) is 0 Å². The molecule has 0 spiro atoms. The summed E-state index contributed by atoms with van der Waals surface area (Å²) in [5.74, 6) is 0.237. The predicted octanol–water partition coefficient (Wildman–Crippen LogP) is 10.0. The lowest BCUT2D eigenvalue weighted by Gasteiger charge is -2.60. The van der Waals surface area contributed by atoms with Gasteiger partial charge in [-0.3, -0.25) is 14.9 Å². The zero-order chi connectivity index (χ0) is 43.9. The summed E-state index contributed by atoms with van der Waals surface area (Å²) >= 11 is 0. The van der Waals surface area contributed by atoms with Crippen molar-refractivity contribution < 1.29 is 39.0 Å². The highest BCUT2D eigenvalue weighted by molar-refractivity contribution is 6.03. The van der Waals surface area contributed by atoms with Crippen LogP contribution < -0.4 is 9.47 Å². The van der Waals surface area contributed by atoms with E-state index in [1.165, 1.54) is 12.1 Å². The zero-order valence-corrected chi connectivity index (χ0v) is 36.1. The summed E-state index contributed by atoms with van der Waals surface area (Å²) in [7, 11) is 0. The van der Waals surface area contributed by atoms with Crippen molar-refractivity contribution >= 4 is 28.1 Å². The van der Waals surface area contributed by atoms with Gasteiger partial charge in [0.2, 0.25) is 11.7 Å². The third kappa shape index (κ3) is 9.39. The van der Waals surface area contributed by atoms with E-state index in [9.17, 15) is 25.1 Å². The van der Waals surface area contributed by atoms with Crippen molar-refractivity contribution in [1.82, 2.24) is 4.90 Å². The zero-order valence-electron chi connectivity index (χ0n) is 36.1. The molecule has 63 heavy (non-hydrogen) atoms. The number of fused-ring (bicyclic) bond motifs is 3. The Morgan fingerprint density at radius 3 is 2.41 bits per heavy atom. The average molecular weight is 858 g/mol. The lowest BCUT2D eigenvalue weighted by Crippen LogP contribution is -2.70. The van der Waals surface area contributed by atoms with E-state index in [1.807, 2.05) is 41.3 Å². The number of nitrogens with zero attached hydrogens (tertiary/aromatic N) is 3. The van der Waals surface area contributed by atoms with Gasteiger partial charge in [0.05, 0.1) is 23.2 Å². The van der Waals surface area contributed by atoms with Gasteiger partial charge in [-0.15, -0.1) is 6.58 Å². The number of hydrogen-bond donors (Lipinski definition) is 2. The number of carbonyl (C=O) groups is 1. The number of benzene rings is 4. The number of oxime groups is 1. The Balaban J connectivity index is 1.29. The van der Waals surface area contributed by atoms with Gasteiger partial charge in [0.25, 0.3) is 5.69 Å². The molecule has 4 aliphatic rings. The van der Waals surface area contributed by atoms with Crippen LogP contribution >= 0.6 is 0 Å². The number of ether oxygens (including phenoxy) is 3. The molecule has 1 aliphatic heterocycles. The molecule has 4 aromatic rings. The first-order valence-corrected chi connectivity index (χ1v) is 22.7. The van der Waals surface area contributed by atoms with Crippen molar-refractivity contribution in [3.8, 4) is 17.2 Å². The Morgan fingerprint density at radius 2 is 1.70 bits per heavy atom. The molecule has 0 aromatic heterocycles. The number of aliphatic hydroxyl groups is 2. The van der Waals surface area contributed by atoms with Crippen molar-refractivity contribution in [3.05, 3.63) is 130 Å². The lowest BCUT2D eigenvalue weighted by atomic mass is 9.55. The van der Waals surface area contributed by atoms with Crippen LogP contribution in [0.2, 0.25) is 0 Å². The molecule has 2 saturated carbocycles. The van der Waals surface area contributed by atoms with Crippen molar-refractivity contribution in [2.75, 3.05) is 26.4 Å². The highest BCUT2D eigenvalue weighted by atomic mass is 16.7. The van der Waals surface area contributed by atoms with E-state index in [4.69, 9.17) is 24.2 Å². The van der Waals surface area contributed by atoms with E-state index in [2.05, 4.69) is 43.8 Å². The lowest BCUT2D eigenvalue weighted by molar-refractivity contribution is -0.384. The minimum Gasteiger partial charge on any atom is -0.459 e.